The lowest BCUT2D eigenvalue weighted by Crippen LogP contribution is -2.37. The van der Waals surface area contributed by atoms with Crippen LogP contribution in [0.3, 0.4) is 0 Å². The molecule has 4 rings (SSSR count). The average Bonchev–Trinajstić information content (AvgIpc) is 3.15. The van der Waals surface area contributed by atoms with Crippen LogP contribution in [0.1, 0.15) is 29.2 Å². The largest absolute Gasteiger partial charge is 0.419 e. The number of hydrogen-bond donors (Lipinski definition) is 0. The molecule has 1 aliphatic carbocycles. The Morgan fingerprint density at radius 1 is 1.23 bits per heavy atom. The summed E-state index contributed by atoms with van der Waals surface area (Å²) in [5, 5.41) is 8.40. The van der Waals surface area contributed by atoms with E-state index in [1.807, 2.05) is 0 Å². The van der Waals surface area contributed by atoms with Crippen molar-refractivity contribution in [3.8, 4) is 10.8 Å². The summed E-state index contributed by atoms with van der Waals surface area (Å²) in [6.07, 6.45) is 4.94. The van der Waals surface area contributed by atoms with E-state index >= 15 is 0 Å². The zero-order valence-electron chi connectivity index (χ0n) is 12.4. The molecule has 7 heteroatoms. The number of hydrogen-bond acceptors (Lipinski definition) is 6. The minimum Gasteiger partial charge on any atom is -0.419 e. The summed E-state index contributed by atoms with van der Waals surface area (Å²) in [6, 6.07) is 2.22. The minimum atomic E-state index is -0.646. The van der Waals surface area contributed by atoms with Gasteiger partial charge >= 0.3 is 0 Å². The second-order valence-corrected chi connectivity index (χ2v) is 8.72. The van der Waals surface area contributed by atoms with Gasteiger partial charge in [0.2, 0.25) is 5.89 Å². The van der Waals surface area contributed by atoms with Crippen molar-refractivity contribution >= 4 is 22.1 Å². The van der Waals surface area contributed by atoms with Crippen LogP contribution in [0.5, 0.6) is 0 Å². The van der Waals surface area contributed by atoms with E-state index in [4.69, 9.17) is 4.42 Å². The molecule has 1 saturated heterocycles. The zero-order valence-corrected chi connectivity index (χ0v) is 14.0. The quantitative estimate of drug-likeness (QED) is 0.860. The molecule has 0 amide bonds. The van der Waals surface area contributed by atoms with Crippen molar-refractivity contribution < 1.29 is 8.63 Å². The van der Waals surface area contributed by atoms with Gasteiger partial charge in [-0.25, -0.2) is 0 Å². The molecule has 0 spiro atoms. The highest BCUT2D eigenvalue weighted by molar-refractivity contribution is 7.85. The maximum absolute atomic E-state index is 11.4. The number of aromatic nitrogens is 2. The van der Waals surface area contributed by atoms with Gasteiger partial charge in [0.1, 0.15) is 0 Å². The Hall–Kier alpha value is -1.05. The predicted molar refractivity (Wildman–Crippen MR) is 87.4 cm³/mol. The molecule has 3 heterocycles. The first-order valence-corrected chi connectivity index (χ1v) is 10.1. The predicted octanol–water partition coefficient (Wildman–Crippen LogP) is 2.24. The topological polar surface area (TPSA) is 59.2 Å². The molecular weight excluding hydrogens is 318 g/mol. The highest BCUT2D eigenvalue weighted by Gasteiger charge is 2.20. The van der Waals surface area contributed by atoms with Crippen molar-refractivity contribution in [1.29, 1.82) is 0 Å². The summed E-state index contributed by atoms with van der Waals surface area (Å²) >= 11 is 1.80. The van der Waals surface area contributed by atoms with Crippen LogP contribution in [-0.2, 0) is 30.2 Å². The van der Waals surface area contributed by atoms with Gasteiger partial charge in [0.15, 0.2) is 0 Å². The van der Waals surface area contributed by atoms with E-state index in [1.54, 1.807) is 11.3 Å². The molecule has 2 aliphatic rings. The van der Waals surface area contributed by atoms with E-state index in [0.717, 1.165) is 29.5 Å². The lowest BCUT2D eigenvalue weighted by atomic mass is 9.99. The van der Waals surface area contributed by atoms with Gasteiger partial charge in [-0.15, -0.1) is 21.5 Å². The average molecular weight is 337 g/mol. The zero-order chi connectivity index (χ0) is 14.9. The van der Waals surface area contributed by atoms with Crippen molar-refractivity contribution in [2.75, 3.05) is 24.6 Å². The standard InChI is InChI=1S/C15H19N3O2S2/c19-22-7-5-18(6-8-22)10-14-16-17-15(20-14)13-9-11-3-1-2-4-12(11)21-13/h9H,1-8,10H2. The van der Waals surface area contributed by atoms with E-state index in [0.29, 0.717) is 18.3 Å². The highest BCUT2D eigenvalue weighted by Crippen LogP contribution is 2.35. The lowest BCUT2D eigenvalue weighted by molar-refractivity contribution is 0.261. The number of aryl methyl sites for hydroxylation is 2. The Morgan fingerprint density at radius 3 is 2.86 bits per heavy atom. The molecule has 1 aliphatic heterocycles. The molecule has 0 saturated carbocycles. The second-order valence-electron chi connectivity index (χ2n) is 5.89. The summed E-state index contributed by atoms with van der Waals surface area (Å²) in [7, 11) is -0.646. The van der Waals surface area contributed by atoms with Crippen molar-refractivity contribution in [2.45, 2.75) is 32.2 Å². The van der Waals surface area contributed by atoms with Crippen LogP contribution in [0.4, 0.5) is 0 Å². The Morgan fingerprint density at radius 2 is 2.05 bits per heavy atom. The fraction of sp³-hybridized carbons (Fsp3) is 0.600. The van der Waals surface area contributed by atoms with Crippen molar-refractivity contribution in [1.82, 2.24) is 15.1 Å². The van der Waals surface area contributed by atoms with Gasteiger partial charge in [-0.05, 0) is 37.3 Å². The van der Waals surface area contributed by atoms with E-state index in [9.17, 15) is 4.21 Å². The molecule has 5 nitrogen and oxygen atoms in total. The van der Waals surface area contributed by atoms with Crippen LogP contribution in [0.2, 0.25) is 0 Å². The Kier molecular flexibility index (Phi) is 4.11. The molecule has 2 aromatic rings. The molecule has 0 radical (unpaired) electrons. The van der Waals surface area contributed by atoms with E-state index in [-0.39, 0.29) is 0 Å². The van der Waals surface area contributed by atoms with Crippen LogP contribution in [0.15, 0.2) is 10.5 Å². The number of fused-ring (bicyclic) bond motifs is 1. The SMILES string of the molecule is O=S1CCN(Cc2nnc(-c3cc4c(s3)CCCC4)o2)CC1. The maximum Gasteiger partial charge on any atom is 0.257 e. The van der Waals surface area contributed by atoms with Crippen LogP contribution < -0.4 is 0 Å². The van der Waals surface area contributed by atoms with Crippen LogP contribution in [-0.4, -0.2) is 43.9 Å². The van der Waals surface area contributed by atoms with Crippen LogP contribution in [0.25, 0.3) is 10.8 Å². The first kappa shape index (κ1) is 14.5. The highest BCUT2D eigenvalue weighted by atomic mass is 32.2. The van der Waals surface area contributed by atoms with Gasteiger partial charge in [-0.1, -0.05) is 0 Å². The van der Waals surface area contributed by atoms with Crippen molar-refractivity contribution in [3.05, 3.63) is 22.4 Å². The third kappa shape index (κ3) is 3.02. The van der Waals surface area contributed by atoms with Crippen molar-refractivity contribution in [2.24, 2.45) is 0 Å². The molecule has 1 fully saturated rings. The van der Waals surface area contributed by atoms with Crippen LogP contribution >= 0.6 is 11.3 Å². The van der Waals surface area contributed by atoms with Gasteiger partial charge in [0.05, 0.1) is 11.4 Å². The molecule has 0 atom stereocenters. The Bertz CT molecular complexity index is 661. The molecule has 0 bridgehead atoms. The Balaban J connectivity index is 1.47. The molecule has 2 aromatic heterocycles. The lowest BCUT2D eigenvalue weighted by Gasteiger charge is -2.24. The molecule has 0 N–H and O–H groups in total. The maximum atomic E-state index is 11.4. The van der Waals surface area contributed by atoms with Crippen LogP contribution in [0, 0.1) is 0 Å². The minimum absolute atomic E-state index is 0.646. The monoisotopic (exact) mass is 337 g/mol. The first-order valence-electron chi connectivity index (χ1n) is 7.79. The molecule has 0 unspecified atom stereocenters. The van der Waals surface area contributed by atoms with E-state index < -0.39 is 10.8 Å². The molecule has 22 heavy (non-hydrogen) atoms. The van der Waals surface area contributed by atoms with Crippen molar-refractivity contribution in [3.63, 3.8) is 0 Å². The fourth-order valence-electron chi connectivity index (χ4n) is 3.04. The van der Waals surface area contributed by atoms with E-state index in [2.05, 4.69) is 21.2 Å². The molecular formula is C15H19N3O2S2. The number of rotatable bonds is 3. The Labute approximate surface area is 136 Å². The summed E-state index contributed by atoms with van der Waals surface area (Å²) in [5.74, 6) is 2.81. The number of thiophene rings is 1. The smallest absolute Gasteiger partial charge is 0.257 e. The first-order chi connectivity index (χ1) is 10.8. The second kappa shape index (κ2) is 6.22. The number of nitrogens with zero attached hydrogens (tertiary/aromatic N) is 3. The van der Waals surface area contributed by atoms with Gasteiger partial charge in [0, 0.05) is 40.3 Å². The van der Waals surface area contributed by atoms with Gasteiger partial charge in [-0.2, -0.15) is 0 Å². The van der Waals surface area contributed by atoms with Gasteiger partial charge in [0.25, 0.3) is 5.89 Å². The normalized spacial score (nSPS) is 20.2. The van der Waals surface area contributed by atoms with Gasteiger partial charge in [-0.3, -0.25) is 9.11 Å². The summed E-state index contributed by atoms with van der Waals surface area (Å²) in [4.78, 5) is 4.82. The molecule has 118 valence electrons. The summed E-state index contributed by atoms with van der Waals surface area (Å²) in [6.45, 7) is 2.35. The summed E-state index contributed by atoms with van der Waals surface area (Å²) in [5.41, 5.74) is 1.46. The fourth-order valence-corrected chi connectivity index (χ4v) is 5.34. The third-order valence-corrected chi connectivity index (χ3v) is 6.80. The summed E-state index contributed by atoms with van der Waals surface area (Å²) < 4.78 is 17.2. The van der Waals surface area contributed by atoms with E-state index in [1.165, 1.54) is 36.1 Å². The third-order valence-electron chi connectivity index (χ3n) is 4.30. The van der Waals surface area contributed by atoms with Gasteiger partial charge < -0.3 is 4.42 Å². The molecule has 0 aromatic carbocycles.